The lowest BCUT2D eigenvalue weighted by molar-refractivity contribution is -0.146. The van der Waals surface area contributed by atoms with Gasteiger partial charge in [-0.25, -0.2) is 0 Å². The van der Waals surface area contributed by atoms with E-state index in [4.69, 9.17) is 5.11 Å². The Morgan fingerprint density at radius 3 is 2.83 bits per heavy atom. The summed E-state index contributed by atoms with van der Waals surface area (Å²) in [5, 5.41) is 8.85. The molecule has 4 nitrogen and oxygen atoms in total. The highest BCUT2D eigenvalue weighted by molar-refractivity contribution is 5.83. The van der Waals surface area contributed by atoms with Gasteiger partial charge in [0.15, 0.2) is 0 Å². The maximum atomic E-state index is 12.3. The summed E-state index contributed by atoms with van der Waals surface area (Å²) in [6.07, 6.45) is 6.22. The van der Waals surface area contributed by atoms with E-state index in [-0.39, 0.29) is 18.4 Å². The number of carbonyl (C=O) groups excluding carboxylic acids is 1. The van der Waals surface area contributed by atoms with Crippen molar-refractivity contribution < 1.29 is 14.7 Å². The van der Waals surface area contributed by atoms with Crippen LogP contribution in [0, 0.1) is 11.8 Å². The van der Waals surface area contributed by atoms with Crippen LogP contribution >= 0.6 is 0 Å². The summed E-state index contributed by atoms with van der Waals surface area (Å²) in [7, 11) is 0. The van der Waals surface area contributed by atoms with Gasteiger partial charge < -0.3 is 10.0 Å². The predicted molar refractivity (Wildman–Crippen MR) is 70.2 cm³/mol. The van der Waals surface area contributed by atoms with Crippen molar-refractivity contribution in [3.8, 4) is 0 Å². The first kappa shape index (κ1) is 15.0. The number of hydrogen-bond acceptors (Lipinski definition) is 2. The second-order valence-electron chi connectivity index (χ2n) is 5.38. The highest BCUT2D eigenvalue weighted by Crippen LogP contribution is 2.28. The van der Waals surface area contributed by atoms with Crippen molar-refractivity contribution in [2.24, 2.45) is 11.8 Å². The number of hydrogen-bond donors (Lipinski definition) is 1. The SMILES string of the molecule is CCCCC(C)C1CCCCN(CC(=O)O)C1=O. The molecule has 0 bridgehead atoms. The minimum Gasteiger partial charge on any atom is -0.480 e. The van der Waals surface area contributed by atoms with E-state index in [9.17, 15) is 9.59 Å². The fourth-order valence-electron chi connectivity index (χ4n) is 2.71. The Hall–Kier alpha value is -1.06. The van der Waals surface area contributed by atoms with E-state index in [1.165, 1.54) is 4.90 Å². The molecule has 1 aliphatic heterocycles. The van der Waals surface area contributed by atoms with Crippen LogP contribution in [0.2, 0.25) is 0 Å². The number of amides is 1. The van der Waals surface area contributed by atoms with Crippen LogP contribution in [0.5, 0.6) is 0 Å². The Bertz CT molecular complexity index is 291. The third-order valence-electron chi connectivity index (χ3n) is 3.85. The lowest BCUT2D eigenvalue weighted by Gasteiger charge is -2.26. The van der Waals surface area contributed by atoms with Gasteiger partial charge in [0.1, 0.15) is 6.54 Å². The Morgan fingerprint density at radius 2 is 2.22 bits per heavy atom. The number of carboxylic acid groups (broad SMARTS) is 1. The van der Waals surface area contributed by atoms with Crippen LogP contribution in [0.1, 0.15) is 52.4 Å². The standard InChI is InChI=1S/C14H25NO3/c1-3-4-7-11(2)12-8-5-6-9-15(14(12)18)10-13(16)17/h11-12H,3-10H2,1-2H3,(H,16,17). The van der Waals surface area contributed by atoms with Crippen LogP contribution in [-0.4, -0.2) is 35.0 Å². The summed E-state index contributed by atoms with van der Waals surface area (Å²) in [4.78, 5) is 24.7. The molecule has 1 fully saturated rings. The average Bonchev–Trinajstić information content (AvgIpc) is 2.49. The van der Waals surface area contributed by atoms with Crippen molar-refractivity contribution in [3.63, 3.8) is 0 Å². The summed E-state index contributed by atoms with van der Waals surface area (Å²) in [5.41, 5.74) is 0. The lowest BCUT2D eigenvalue weighted by Crippen LogP contribution is -2.40. The fraction of sp³-hybridized carbons (Fsp3) is 0.857. The summed E-state index contributed by atoms with van der Waals surface area (Å²) in [6, 6.07) is 0. The van der Waals surface area contributed by atoms with E-state index in [1.807, 2.05) is 0 Å². The van der Waals surface area contributed by atoms with Gasteiger partial charge >= 0.3 is 5.97 Å². The molecule has 1 aliphatic rings. The number of carboxylic acids is 1. The molecule has 0 saturated carbocycles. The normalized spacial score (nSPS) is 22.7. The van der Waals surface area contributed by atoms with E-state index in [2.05, 4.69) is 13.8 Å². The van der Waals surface area contributed by atoms with E-state index in [0.717, 1.165) is 38.5 Å². The van der Waals surface area contributed by atoms with Crippen molar-refractivity contribution in [3.05, 3.63) is 0 Å². The van der Waals surface area contributed by atoms with Crippen molar-refractivity contribution in [2.75, 3.05) is 13.1 Å². The highest BCUT2D eigenvalue weighted by Gasteiger charge is 2.31. The minimum atomic E-state index is -0.912. The number of carbonyl (C=O) groups is 2. The first-order valence-corrected chi connectivity index (χ1v) is 7.06. The zero-order valence-corrected chi connectivity index (χ0v) is 11.5. The smallest absolute Gasteiger partial charge is 0.323 e. The maximum absolute atomic E-state index is 12.3. The predicted octanol–water partition coefficient (Wildman–Crippen LogP) is 2.53. The van der Waals surface area contributed by atoms with Crippen molar-refractivity contribution in [1.29, 1.82) is 0 Å². The summed E-state index contributed by atoms with van der Waals surface area (Å²) in [5.74, 6) is -0.464. The third-order valence-corrected chi connectivity index (χ3v) is 3.85. The first-order valence-electron chi connectivity index (χ1n) is 7.06. The van der Waals surface area contributed by atoms with Crippen LogP contribution < -0.4 is 0 Å². The molecule has 1 N–H and O–H groups in total. The molecule has 2 unspecified atom stereocenters. The van der Waals surface area contributed by atoms with Gasteiger partial charge in [-0.1, -0.05) is 33.1 Å². The van der Waals surface area contributed by atoms with Gasteiger partial charge in [0.2, 0.25) is 5.91 Å². The molecule has 18 heavy (non-hydrogen) atoms. The van der Waals surface area contributed by atoms with Crippen LogP contribution in [0.15, 0.2) is 0 Å². The first-order chi connectivity index (χ1) is 8.56. The molecule has 0 spiro atoms. The number of rotatable bonds is 6. The molecule has 1 amide bonds. The molecular weight excluding hydrogens is 230 g/mol. The Morgan fingerprint density at radius 1 is 1.50 bits per heavy atom. The molecule has 0 aliphatic carbocycles. The summed E-state index contributed by atoms with van der Waals surface area (Å²) in [6.45, 7) is 4.73. The van der Waals surface area contributed by atoms with Gasteiger partial charge in [-0.05, 0) is 25.2 Å². The van der Waals surface area contributed by atoms with E-state index >= 15 is 0 Å². The van der Waals surface area contributed by atoms with Gasteiger partial charge in [-0.15, -0.1) is 0 Å². The lowest BCUT2D eigenvalue weighted by atomic mass is 9.85. The second kappa shape index (κ2) is 7.39. The van der Waals surface area contributed by atoms with Gasteiger partial charge in [-0.3, -0.25) is 9.59 Å². The van der Waals surface area contributed by atoms with Gasteiger partial charge in [-0.2, -0.15) is 0 Å². The van der Waals surface area contributed by atoms with Crippen molar-refractivity contribution >= 4 is 11.9 Å². The van der Waals surface area contributed by atoms with Crippen LogP contribution in [0.25, 0.3) is 0 Å². The van der Waals surface area contributed by atoms with Gasteiger partial charge in [0.25, 0.3) is 0 Å². The maximum Gasteiger partial charge on any atom is 0.323 e. The largest absolute Gasteiger partial charge is 0.480 e. The Balaban J connectivity index is 2.64. The van der Waals surface area contributed by atoms with E-state index in [1.54, 1.807) is 0 Å². The van der Waals surface area contributed by atoms with Gasteiger partial charge in [0.05, 0.1) is 0 Å². The van der Waals surface area contributed by atoms with Gasteiger partial charge in [0, 0.05) is 12.5 Å². The van der Waals surface area contributed by atoms with Crippen molar-refractivity contribution in [2.45, 2.75) is 52.4 Å². The zero-order valence-electron chi connectivity index (χ0n) is 11.5. The van der Waals surface area contributed by atoms with E-state index < -0.39 is 5.97 Å². The summed E-state index contributed by atoms with van der Waals surface area (Å²) < 4.78 is 0. The zero-order chi connectivity index (χ0) is 13.5. The third kappa shape index (κ3) is 4.31. The second-order valence-corrected chi connectivity index (χ2v) is 5.38. The molecule has 1 heterocycles. The molecule has 1 rings (SSSR count). The van der Waals surface area contributed by atoms with E-state index in [0.29, 0.717) is 12.5 Å². The number of nitrogens with zero attached hydrogens (tertiary/aromatic N) is 1. The van der Waals surface area contributed by atoms with Crippen LogP contribution in [-0.2, 0) is 9.59 Å². The molecule has 1 saturated heterocycles. The monoisotopic (exact) mass is 255 g/mol. The number of likely N-dealkylation sites (tertiary alicyclic amines) is 1. The molecule has 0 aromatic carbocycles. The molecule has 0 aromatic heterocycles. The Labute approximate surface area is 109 Å². The molecule has 104 valence electrons. The molecule has 0 aromatic rings. The van der Waals surface area contributed by atoms with Crippen molar-refractivity contribution in [1.82, 2.24) is 4.90 Å². The number of unbranched alkanes of at least 4 members (excludes halogenated alkanes) is 1. The molecule has 2 atom stereocenters. The van der Waals surface area contributed by atoms with Crippen LogP contribution in [0.4, 0.5) is 0 Å². The molecule has 0 radical (unpaired) electrons. The molecular formula is C14H25NO3. The highest BCUT2D eigenvalue weighted by atomic mass is 16.4. The average molecular weight is 255 g/mol. The molecule has 4 heteroatoms. The van der Waals surface area contributed by atoms with Crippen LogP contribution in [0.3, 0.4) is 0 Å². The topological polar surface area (TPSA) is 57.6 Å². The summed E-state index contributed by atoms with van der Waals surface area (Å²) >= 11 is 0. The minimum absolute atomic E-state index is 0.0263. The quantitative estimate of drug-likeness (QED) is 0.793. The Kier molecular flexibility index (Phi) is 6.16. The number of aliphatic carboxylic acids is 1. The fourth-order valence-corrected chi connectivity index (χ4v) is 2.71.